The van der Waals surface area contributed by atoms with Crippen LogP contribution in [0.2, 0.25) is 0 Å². The summed E-state index contributed by atoms with van der Waals surface area (Å²) in [5.74, 6) is 2.32. The van der Waals surface area contributed by atoms with Gasteiger partial charge in [0.1, 0.15) is 5.75 Å². The van der Waals surface area contributed by atoms with E-state index in [-0.39, 0.29) is 5.91 Å². The monoisotopic (exact) mass is 317 g/mol. The molecule has 2 fully saturated rings. The summed E-state index contributed by atoms with van der Waals surface area (Å²) < 4.78 is 11.1. The molecule has 23 heavy (non-hydrogen) atoms. The maximum absolute atomic E-state index is 12.8. The maximum Gasteiger partial charge on any atom is 0.253 e. The normalized spacial score (nSPS) is 22.3. The second-order valence-electron chi connectivity index (χ2n) is 6.66. The van der Waals surface area contributed by atoms with E-state index >= 15 is 0 Å². The summed E-state index contributed by atoms with van der Waals surface area (Å²) >= 11 is 0. The first-order valence-corrected chi connectivity index (χ1v) is 8.79. The van der Waals surface area contributed by atoms with Crippen molar-refractivity contribution in [1.29, 1.82) is 0 Å². The number of ether oxygens (including phenoxy) is 2. The molecule has 1 atom stereocenters. The number of carbonyl (C=O) groups excluding carboxylic acids is 1. The Morgan fingerprint density at radius 3 is 2.78 bits per heavy atom. The minimum Gasteiger partial charge on any atom is -0.494 e. The maximum atomic E-state index is 12.8. The number of nitrogens with zero attached hydrogens (tertiary/aromatic N) is 1. The second-order valence-corrected chi connectivity index (χ2v) is 6.66. The Morgan fingerprint density at radius 2 is 2.04 bits per heavy atom. The first-order valence-electron chi connectivity index (χ1n) is 8.79. The number of hydrogen-bond acceptors (Lipinski definition) is 3. The number of rotatable bonds is 4. The standard InChI is InChI=1S/C19H27NO3/c1-3-23-18-12-16(5-4-14(18)2)19(21)20-9-6-17(13-20)15-7-10-22-11-8-15/h4-5,12,15,17H,3,6-11,13H2,1-2H3. The van der Waals surface area contributed by atoms with E-state index in [0.717, 1.165) is 68.4 Å². The number of hydrogen-bond donors (Lipinski definition) is 0. The molecule has 1 aromatic carbocycles. The van der Waals surface area contributed by atoms with Crippen LogP contribution in [0.5, 0.6) is 5.75 Å². The molecule has 1 amide bonds. The molecule has 0 N–H and O–H groups in total. The van der Waals surface area contributed by atoms with Crippen LogP contribution in [0.4, 0.5) is 0 Å². The number of likely N-dealkylation sites (tertiary alicyclic amines) is 1. The molecule has 4 heteroatoms. The quantitative estimate of drug-likeness (QED) is 0.855. The largest absolute Gasteiger partial charge is 0.494 e. The Hall–Kier alpha value is -1.55. The second kappa shape index (κ2) is 7.35. The highest BCUT2D eigenvalue weighted by Gasteiger charge is 2.33. The van der Waals surface area contributed by atoms with Crippen molar-refractivity contribution in [2.24, 2.45) is 11.8 Å². The van der Waals surface area contributed by atoms with Gasteiger partial charge in [-0.1, -0.05) is 6.07 Å². The first-order chi connectivity index (χ1) is 11.2. The van der Waals surface area contributed by atoms with E-state index in [1.807, 2.05) is 36.9 Å². The average molecular weight is 317 g/mol. The Balaban J connectivity index is 1.65. The number of amides is 1. The topological polar surface area (TPSA) is 38.8 Å². The fourth-order valence-electron chi connectivity index (χ4n) is 3.77. The third kappa shape index (κ3) is 3.69. The minimum absolute atomic E-state index is 0.139. The van der Waals surface area contributed by atoms with Crippen LogP contribution in [-0.2, 0) is 4.74 Å². The van der Waals surface area contributed by atoms with Gasteiger partial charge in [0, 0.05) is 31.9 Å². The summed E-state index contributed by atoms with van der Waals surface area (Å²) in [6, 6.07) is 5.79. The van der Waals surface area contributed by atoms with Gasteiger partial charge in [0.15, 0.2) is 0 Å². The smallest absolute Gasteiger partial charge is 0.253 e. The van der Waals surface area contributed by atoms with Crippen molar-refractivity contribution in [3.63, 3.8) is 0 Å². The molecule has 2 heterocycles. The summed E-state index contributed by atoms with van der Waals surface area (Å²) in [7, 11) is 0. The molecular formula is C19H27NO3. The van der Waals surface area contributed by atoms with Crippen LogP contribution >= 0.6 is 0 Å². The molecular weight excluding hydrogens is 290 g/mol. The van der Waals surface area contributed by atoms with Crippen molar-refractivity contribution in [1.82, 2.24) is 4.90 Å². The van der Waals surface area contributed by atoms with Crippen molar-refractivity contribution in [2.75, 3.05) is 32.9 Å². The van der Waals surface area contributed by atoms with Gasteiger partial charge in [-0.15, -0.1) is 0 Å². The van der Waals surface area contributed by atoms with Gasteiger partial charge >= 0.3 is 0 Å². The molecule has 0 saturated carbocycles. The lowest BCUT2D eigenvalue weighted by Gasteiger charge is -2.27. The van der Waals surface area contributed by atoms with E-state index in [9.17, 15) is 4.79 Å². The van der Waals surface area contributed by atoms with Gasteiger partial charge in [0.25, 0.3) is 5.91 Å². The average Bonchev–Trinajstić information content (AvgIpc) is 3.07. The van der Waals surface area contributed by atoms with Crippen molar-refractivity contribution < 1.29 is 14.3 Å². The molecule has 2 aliphatic rings. The van der Waals surface area contributed by atoms with Gasteiger partial charge < -0.3 is 14.4 Å². The van der Waals surface area contributed by atoms with Crippen molar-refractivity contribution in [3.05, 3.63) is 29.3 Å². The van der Waals surface area contributed by atoms with Crippen LogP contribution in [0.15, 0.2) is 18.2 Å². The summed E-state index contributed by atoms with van der Waals surface area (Å²) in [4.78, 5) is 14.8. The molecule has 1 unspecified atom stereocenters. The SMILES string of the molecule is CCOc1cc(C(=O)N2CCC(C3CCOCC3)C2)ccc1C. The van der Waals surface area contributed by atoms with E-state index < -0.39 is 0 Å². The lowest BCUT2D eigenvalue weighted by atomic mass is 9.85. The van der Waals surface area contributed by atoms with Gasteiger partial charge in [-0.3, -0.25) is 4.79 Å². The van der Waals surface area contributed by atoms with E-state index in [1.165, 1.54) is 0 Å². The van der Waals surface area contributed by atoms with Gasteiger partial charge in [0.2, 0.25) is 0 Å². The lowest BCUT2D eigenvalue weighted by molar-refractivity contribution is 0.0471. The molecule has 0 bridgehead atoms. The minimum atomic E-state index is 0.139. The molecule has 4 nitrogen and oxygen atoms in total. The van der Waals surface area contributed by atoms with Gasteiger partial charge in [0.05, 0.1) is 6.61 Å². The van der Waals surface area contributed by atoms with E-state index in [0.29, 0.717) is 12.5 Å². The third-order valence-electron chi connectivity index (χ3n) is 5.18. The predicted octanol–water partition coefficient (Wildman–Crippen LogP) is 3.28. The van der Waals surface area contributed by atoms with Crippen molar-refractivity contribution in [2.45, 2.75) is 33.1 Å². The summed E-state index contributed by atoms with van der Waals surface area (Å²) in [6.07, 6.45) is 3.41. The van der Waals surface area contributed by atoms with Crippen LogP contribution in [0.25, 0.3) is 0 Å². The highest BCUT2D eigenvalue weighted by molar-refractivity contribution is 5.95. The Kier molecular flexibility index (Phi) is 5.21. The summed E-state index contributed by atoms with van der Waals surface area (Å²) in [5.41, 5.74) is 1.82. The van der Waals surface area contributed by atoms with Crippen LogP contribution in [0, 0.1) is 18.8 Å². The van der Waals surface area contributed by atoms with Crippen LogP contribution in [0.3, 0.4) is 0 Å². The van der Waals surface area contributed by atoms with Crippen LogP contribution in [-0.4, -0.2) is 43.7 Å². The zero-order chi connectivity index (χ0) is 16.2. The third-order valence-corrected chi connectivity index (χ3v) is 5.18. The van der Waals surface area contributed by atoms with E-state index in [4.69, 9.17) is 9.47 Å². The highest BCUT2D eigenvalue weighted by Crippen LogP contribution is 2.32. The molecule has 3 rings (SSSR count). The molecule has 1 aromatic rings. The number of carbonyl (C=O) groups is 1. The Labute approximate surface area is 138 Å². The fraction of sp³-hybridized carbons (Fsp3) is 0.632. The fourth-order valence-corrected chi connectivity index (χ4v) is 3.77. The highest BCUT2D eigenvalue weighted by atomic mass is 16.5. The Morgan fingerprint density at radius 1 is 1.26 bits per heavy atom. The van der Waals surface area contributed by atoms with Crippen molar-refractivity contribution >= 4 is 5.91 Å². The zero-order valence-corrected chi connectivity index (χ0v) is 14.2. The number of benzene rings is 1. The molecule has 126 valence electrons. The van der Waals surface area contributed by atoms with Gasteiger partial charge in [-0.05, 0) is 62.6 Å². The first kappa shape index (κ1) is 16.3. The molecule has 0 aliphatic carbocycles. The summed E-state index contributed by atoms with van der Waals surface area (Å²) in [6.45, 7) is 8.12. The van der Waals surface area contributed by atoms with Crippen molar-refractivity contribution in [3.8, 4) is 5.75 Å². The summed E-state index contributed by atoms with van der Waals surface area (Å²) in [5, 5.41) is 0. The van der Waals surface area contributed by atoms with Gasteiger partial charge in [-0.2, -0.15) is 0 Å². The molecule has 2 saturated heterocycles. The number of aryl methyl sites for hydroxylation is 1. The Bertz CT molecular complexity index is 552. The lowest BCUT2D eigenvalue weighted by Crippen LogP contribution is -2.31. The van der Waals surface area contributed by atoms with E-state index in [2.05, 4.69) is 0 Å². The molecule has 2 aliphatic heterocycles. The predicted molar refractivity (Wildman–Crippen MR) is 89.9 cm³/mol. The zero-order valence-electron chi connectivity index (χ0n) is 14.2. The molecule has 0 spiro atoms. The van der Waals surface area contributed by atoms with E-state index in [1.54, 1.807) is 0 Å². The van der Waals surface area contributed by atoms with Gasteiger partial charge in [-0.25, -0.2) is 0 Å². The van der Waals surface area contributed by atoms with Crippen LogP contribution in [0.1, 0.15) is 42.1 Å². The molecule has 0 aromatic heterocycles. The molecule has 0 radical (unpaired) electrons. The van der Waals surface area contributed by atoms with Crippen LogP contribution < -0.4 is 4.74 Å².